The van der Waals surface area contributed by atoms with Gasteiger partial charge in [-0.15, -0.1) is 11.3 Å². The van der Waals surface area contributed by atoms with Gasteiger partial charge >= 0.3 is 0 Å². The van der Waals surface area contributed by atoms with E-state index in [2.05, 4.69) is 22.5 Å². The largest absolute Gasteiger partial charge is 0.355 e. The molecule has 0 aliphatic carbocycles. The zero-order valence-corrected chi connectivity index (χ0v) is 23.3. The van der Waals surface area contributed by atoms with E-state index < -0.39 is 10.0 Å². The third kappa shape index (κ3) is 5.13. The maximum Gasteiger partial charge on any atom is 0.256 e. The molecule has 2 amide bonds. The zero-order valence-electron chi connectivity index (χ0n) is 21.6. The smallest absolute Gasteiger partial charge is 0.256 e. The van der Waals surface area contributed by atoms with E-state index in [1.54, 1.807) is 7.05 Å². The molecule has 3 aromatic rings. The van der Waals surface area contributed by atoms with E-state index in [4.69, 9.17) is 0 Å². The number of hydrogen-bond donors (Lipinski definition) is 2. The predicted molar refractivity (Wildman–Crippen MR) is 149 cm³/mol. The van der Waals surface area contributed by atoms with Crippen LogP contribution in [-0.4, -0.2) is 56.1 Å². The van der Waals surface area contributed by atoms with Crippen LogP contribution >= 0.6 is 11.3 Å². The van der Waals surface area contributed by atoms with Gasteiger partial charge < -0.3 is 10.6 Å². The first kappa shape index (κ1) is 26.6. The van der Waals surface area contributed by atoms with Crippen LogP contribution in [0.3, 0.4) is 0 Å². The lowest BCUT2D eigenvalue weighted by Gasteiger charge is -2.28. The number of benzene rings is 2. The van der Waals surface area contributed by atoms with Crippen LogP contribution in [-0.2, 0) is 36.0 Å². The molecule has 10 heteroatoms. The third-order valence-electron chi connectivity index (χ3n) is 7.21. The molecule has 38 heavy (non-hydrogen) atoms. The molecule has 0 saturated carbocycles. The summed E-state index contributed by atoms with van der Waals surface area (Å²) in [6.07, 6.45) is 2.49. The monoisotopic (exact) mass is 552 g/mol. The van der Waals surface area contributed by atoms with Gasteiger partial charge in [-0.25, -0.2) is 8.42 Å². The fourth-order valence-electron chi connectivity index (χ4n) is 5.19. The highest BCUT2D eigenvalue weighted by Gasteiger charge is 2.30. The van der Waals surface area contributed by atoms with Crippen LogP contribution in [0.5, 0.6) is 0 Å². The minimum absolute atomic E-state index is 0.155. The maximum atomic E-state index is 13.3. The molecule has 2 aliphatic rings. The van der Waals surface area contributed by atoms with Gasteiger partial charge in [-0.1, -0.05) is 31.2 Å². The highest BCUT2D eigenvalue weighted by molar-refractivity contribution is 7.89. The number of rotatable bonds is 7. The Bertz CT molecular complexity index is 1460. The summed E-state index contributed by atoms with van der Waals surface area (Å²) in [5.41, 5.74) is 4.05. The van der Waals surface area contributed by atoms with E-state index in [-0.39, 0.29) is 16.7 Å². The van der Waals surface area contributed by atoms with Crippen molar-refractivity contribution in [2.45, 2.75) is 44.2 Å². The molecule has 0 spiro atoms. The summed E-state index contributed by atoms with van der Waals surface area (Å²) in [6.45, 7) is 5.54. The quantitative estimate of drug-likeness (QED) is 0.464. The van der Waals surface area contributed by atoms with Crippen LogP contribution < -0.4 is 10.6 Å². The van der Waals surface area contributed by atoms with Gasteiger partial charge in [-0.2, -0.15) is 4.31 Å². The average molecular weight is 553 g/mol. The summed E-state index contributed by atoms with van der Waals surface area (Å²) in [4.78, 5) is 29.5. The van der Waals surface area contributed by atoms with Gasteiger partial charge in [0.15, 0.2) is 0 Å². The van der Waals surface area contributed by atoms with Gasteiger partial charge in [-0.3, -0.25) is 14.5 Å². The van der Waals surface area contributed by atoms with Crippen molar-refractivity contribution in [3.8, 4) is 0 Å². The Labute approximate surface area is 227 Å². The summed E-state index contributed by atoms with van der Waals surface area (Å²) in [5, 5.41) is 6.15. The van der Waals surface area contributed by atoms with E-state index in [9.17, 15) is 18.0 Å². The first-order valence-corrected chi connectivity index (χ1v) is 15.1. The summed E-state index contributed by atoms with van der Waals surface area (Å²) < 4.78 is 28.1. The Balaban J connectivity index is 1.34. The Morgan fingerprint density at radius 3 is 2.39 bits per heavy atom. The Hall–Kier alpha value is -3.05. The van der Waals surface area contributed by atoms with Crippen molar-refractivity contribution >= 4 is 38.2 Å². The first-order valence-electron chi connectivity index (χ1n) is 12.9. The van der Waals surface area contributed by atoms with Crippen LogP contribution in [0.2, 0.25) is 0 Å². The number of nitrogens with zero attached hydrogens (tertiary/aromatic N) is 2. The fraction of sp³-hybridized carbons (Fsp3) is 0.357. The topological polar surface area (TPSA) is 98.8 Å². The van der Waals surface area contributed by atoms with Gasteiger partial charge in [0, 0.05) is 43.7 Å². The minimum Gasteiger partial charge on any atom is -0.355 e. The molecule has 0 saturated heterocycles. The first-order chi connectivity index (χ1) is 18.3. The highest BCUT2D eigenvalue weighted by Crippen LogP contribution is 2.37. The molecule has 8 nitrogen and oxygen atoms in total. The normalized spacial score (nSPS) is 15.9. The van der Waals surface area contributed by atoms with Crippen molar-refractivity contribution in [2.75, 3.05) is 32.0 Å². The summed E-state index contributed by atoms with van der Waals surface area (Å²) >= 11 is 1.44. The molecule has 2 N–H and O–H groups in total. The third-order valence-corrected chi connectivity index (χ3v) is 10.2. The van der Waals surface area contributed by atoms with E-state index in [0.29, 0.717) is 35.6 Å². The predicted octanol–water partition coefficient (Wildman–Crippen LogP) is 3.88. The summed E-state index contributed by atoms with van der Waals surface area (Å²) in [7, 11) is -2.11. The zero-order chi connectivity index (χ0) is 26.9. The number of anilines is 1. The Kier molecular flexibility index (Phi) is 7.67. The van der Waals surface area contributed by atoms with Crippen molar-refractivity contribution < 1.29 is 18.0 Å². The van der Waals surface area contributed by atoms with E-state index >= 15 is 0 Å². The summed E-state index contributed by atoms with van der Waals surface area (Å²) in [5.74, 6) is -0.596. The standard InChI is InChI=1S/C28H32N4O4S2/c1-3-14-31-15-13-23-24(18-31)37-28(25(23)27(34)29-2)30-26(33)20-8-10-22(11-9-20)38(35,36)32-16-12-19-6-4-5-7-21(19)17-32/h4-11H,3,12-18H2,1-2H3,(H,29,34)(H,30,33). The van der Waals surface area contributed by atoms with E-state index in [1.165, 1.54) is 45.5 Å². The van der Waals surface area contributed by atoms with Crippen molar-refractivity contribution in [1.29, 1.82) is 0 Å². The Morgan fingerprint density at radius 1 is 0.947 bits per heavy atom. The lowest BCUT2D eigenvalue weighted by Crippen LogP contribution is -2.35. The molecule has 0 radical (unpaired) electrons. The lowest BCUT2D eigenvalue weighted by atomic mass is 10.0. The van der Waals surface area contributed by atoms with Crippen LogP contribution in [0.1, 0.15) is 55.6 Å². The van der Waals surface area contributed by atoms with E-state index in [1.807, 2.05) is 24.3 Å². The molecule has 1 aromatic heterocycles. The second kappa shape index (κ2) is 11.0. The molecule has 0 fully saturated rings. The van der Waals surface area contributed by atoms with Gasteiger partial charge in [-0.05, 0) is 66.8 Å². The molecular weight excluding hydrogens is 520 g/mol. The fourth-order valence-corrected chi connectivity index (χ4v) is 7.90. The maximum absolute atomic E-state index is 13.3. The average Bonchev–Trinajstić information content (AvgIpc) is 3.29. The number of hydrogen-bond acceptors (Lipinski definition) is 6. The number of fused-ring (bicyclic) bond motifs is 2. The molecule has 2 aromatic carbocycles. The number of amides is 2. The summed E-state index contributed by atoms with van der Waals surface area (Å²) in [6, 6.07) is 13.9. The van der Waals surface area contributed by atoms with Gasteiger partial charge in [0.25, 0.3) is 11.8 Å². The van der Waals surface area contributed by atoms with Crippen LogP contribution in [0.25, 0.3) is 0 Å². The van der Waals surface area contributed by atoms with Crippen molar-refractivity contribution in [3.05, 3.63) is 81.2 Å². The molecule has 0 bridgehead atoms. The molecule has 3 heterocycles. The molecule has 0 atom stereocenters. The Morgan fingerprint density at radius 2 is 1.68 bits per heavy atom. The van der Waals surface area contributed by atoms with Gasteiger partial charge in [0.05, 0.1) is 10.5 Å². The molecule has 5 rings (SSSR count). The molecule has 0 unspecified atom stereocenters. The molecule has 200 valence electrons. The van der Waals surface area contributed by atoms with Gasteiger partial charge in [0.1, 0.15) is 5.00 Å². The SMILES string of the molecule is CCCN1CCc2c(sc(NC(=O)c3ccc(S(=O)(=O)N4CCc5ccccc5C4)cc3)c2C(=O)NC)C1. The molecule has 2 aliphatic heterocycles. The van der Waals surface area contributed by atoms with Crippen LogP contribution in [0, 0.1) is 0 Å². The van der Waals surface area contributed by atoms with Crippen LogP contribution in [0.4, 0.5) is 5.00 Å². The van der Waals surface area contributed by atoms with Crippen molar-refractivity contribution in [1.82, 2.24) is 14.5 Å². The second-order valence-corrected chi connectivity index (χ2v) is 12.7. The number of thiophene rings is 1. The second-order valence-electron chi connectivity index (χ2n) is 9.65. The highest BCUT2D eigenvalue weighted by atomic mass is 32.2. The molecular formula is C28H32N4O4S2. The minimum atomic E-state index is -3.69. The number of nitrogens with one attached hydrogen (secondary N) is 2. The number of sulfonamides is 1. The van der Waals surface area contributed by atoms with Gasteiger partial charge in [0.2, 0.25) is 10.0 Å². The van der Waals surface area contributed by atoms with Crippen molar-refractivity contribution in [2.24, 2.45) is 0 Å². The van der Waals surface area contributed by atoms with Crippen LogP contribution in [0.15, 0.2) is 53.4 Å². The number of carbonyl (C=O) groups is 2. The van der Waals surface area contributed by atoms with E-state index in [0.717, 1.165) is 48.5 Å². The van der Waals surface area contributed by atoms with Crippen molar-refractivity contribution in [3.63, 3.8) is 0 Å². The lowest BCUT2D eigenvalue weighted by molar-refractivity contribution is 0.0962. The number of carbonyl (C=O) groups excluding carboxylic acids is 2.